The molecule has 0 saturated heterocycles. The highest BCUT2D eigenvalue weighted by Crippen LogP contribution is 2.12. The zero-order valence-corrected chi connectivity index (χ0v) is 13.2. The molecule has 0 bridgehead atoms. The van der Waals surface area contributed by atoms with Gasteiger partial charge in [0.2, 0.25) is 5.91 Å². The van der Waals surface area contributed by atoms with Crippen LogP contribution in [0.5, 0.6) is 5.75 Å². The third-order valence-corrected chi connectivity index (χ3v) is 2.77. The minimum atomic E-state index is -0.0537. The third-order valence-electron chi connectivity index (χ3n) is 2.77. The maximum Gasteiger partial charge on any atom is 0.220 e. The van der Waals surface area contributed by atoms with Crippen molar-refractivity contribution in [2.24, 2.45) is 5.73 Å². The molecule has 4 nitrogen and oxygen atoms in total. The number of aryl methyl sites for hydroxylation is 1. The molecule has 0 aliphatic heterocycles. The number of carbonyl (C=O) groups is 1. The molecule has 114 valence electrons. The van der Waals surface area contributed by atoms with Crippen molar-refractivity contribution in [3.05, 3.63) is 29.8 Å². The number of nitrogens with two attached hydrogens (primary N) is 1. The number of ether oxygens (including phenoxy) is 1. The minimum Gasteiger partial charge on any atom is -0.489 e. The van der Waals surface area contributed by atoms with E-state index in [4.69, 9.17) is 10.5 Å². The number of carbonyl (C=O) groups excluding carboxylic acids is 1. The Balaban J connectivity index is 0.00000361. The highest BCUT2D eigenvalue weighted by Gasteiger charge is 2.07. The molecule has 1 aromatic carbocycles. The van der Waals surface area contributed by atoms with Crippen molar-refractivity contribution in [2.45, 2.75) is 45.8 Å². The molecule has 0 saturated carbocycles. The SMILES string of the molecule is Cc1ccc(OC(C)CNC(=O)CCC(C)N)cc1.Cl. The van der Waals surface area contributed by atoms with E-state index in [1.165, 1.54) is 5.56 Å². The lowest BCUT2D eigenvalue weighted by Gasteiger charge is -2.15. The summed E-state index contributed by atoms with van der Waals surface area (Å²) in [7, 11) is 0. The molecule has 0 aliphatic carbocycles. The Kier molecular flexibility index (Phi) is 9.01. The van der Waals surface area contributed by atoms with Crippen LogP contribution in [-0.2, 0) is 4.79 Å². The summed E-state index contributed by atoms with van der Waals surface area (Å²) in [6.07, 6.45) is 1.12. The van der Waals surface area contributed by atoms with Crippen molar-refractivity contribution >= 4 is 18.3 Å². The molecule has 1 rings (SSSR count). The summed E-state index contributed by atoms with van der Waals surface area (Å²) >= 11 is 0. The molecule has 2 atom stereocenters. The minimum absolute atomic E-state index is 0. The van der Waals surface area contributed by atoms with Crippen molar-refractivity contribution in [2.75, 3.05) is 6.54 Å². The predicted molar refractivity (Wildman–Crippen MR) is 84.4 cm³/mol. The molecular weight excluding hydrogens is 276 g/mol. The van der Waals surface area contributed by atoms with E-state index in [-0.39, 0.29) is 30.5 Å². The summed E-state index contributed by atoms with van der Waals surface area (Å²) in [6, 6.07) is 7.94. The van der Waals surface area contributed by atoms with Crippen LogP contribution in [0.2, 0.25) is 0 Å². The number of amides is 1. The molecule has 0 heterocycles. The van der Waals surface area contributed by atoms with E-state index in [9.17, 15) is 4.79 Å². The van der Waals surface area contributed by atoms with Crippen LogP contribution >= 0.6 is 12.4 Å². The van der Waals surface area contributed by atoms with Crippen LogP contribution < -0.4 is 15.8 Å². The molecule has 0 radical (unpaired) electrons. The third kappa shape index (κ3) is 8.02. The lowest BCUT2D eigenvalue weighted by molar-refractivity contribution is -0.121. The van der Waals surface area contributed by atoms with Crippen LogP contribution in [0.1, 0.15) is 32.3 Å². The van der Waals surface area contributed by atoms with E-state index in [2.05, 4.69) is 5.32 Å². The smallest absolute Gasteiger partial charge is 0.220 e. The highest BCUT2D eigenvalue weighted by atomic mass is 35.5. The first kappa shape index (κ1) is 18.7. The van der Waals surface area contributed by atoms with Gasteiger partial charge in [-0.3, -0.25) is 4.79 Å². The van der Waals surface area contributed by atoms with Gasteiger partial charge in [0.25, 0.3) is 0 Å². The fraction of sp³-hybridized carbons (Fsp3) is 0.533. The second-order valence-corrected chi connectivity index (χ2v) is 5.06. The molecule has 1 amide bonds. The van der Waals surface area contributed by atoms with Gasteiger partial charge in [0, 0.05) is 12.5 Å². The summed E-state index contributed by atoms with van der Waals surface area (Å²) in [5.74, 6) is 0.847. The molecule has 0 spiro atoms. The fourth-order valence-corrected chi connectivity index (χ4v) is 1.60. The zero-order valence-electron chi connectivity index (χ0n) is 12.4. The largest absolute Gasteiger partial charge is 0.489 e. The number of hydrogen-bond acceptors (Lipinski definition) is 3. The second-order valence-electron chi connectivity index (χ2n) is 5.06. The Bertz CT molecular complexity index is 393. The first-order valence-corrected chi connectivity index (χ1v) is 6.73. The molecule has 0 aliphatic rings. The fourth-order valence-electron chi connectivity index (χ4n) is 1.60. The average molecular weight is 301 g/mol. The summed E-state index contributed by atoms with van der Waals surface area (Å²) in [5.41, 5.74) is 6.80. The number of nitrogens with one attached hydrogen (secondary N) is 1. The number of halogens is 1. The van der Waals surface area contributed by atoms with Gasteiger partial charge in [-0.2, -0.15) is 0 Å². The maximum absolute atomic E-state index is 11.5. The Hall–Kier alpha value is -1.26. The molecule has 3 N–H and O–H groups in total. The van der Waals surface area contributed by atoms with Gasteiger partial charge >= 0.3 is 0 Å². The first-order valence-electron chi connectivity index (χ1n) is 6.73. The van der Waals surface area contributed by atoms with Crippen LogP contribution in [0, 0.1) is 6.92 Å². The topological polar surface area (TPSA) is 64.3 Å². The van der Waals surface area contributed by atoms with Crippen LogP contribution in [0.25, 0.3) is 0 Å². The lowest BCUT2D eigenvalue weighted by atomic mass is 10.2. The van der Waals surface area contributed by atoms with Crippen molar-refractivity contribution in [3.63, 3.8) is 0 Å². The van der Waals surface area contributed by atoms with Crippen LogP contribution in [0.4, 0.5) is 0 Å². The maximum atomic E-state index is 11.5. The standard InChI is InChI=1S/C15H24N2O2.ClH/c1-11-4-7-14(8-5-11)19-13(3)10-17-15(18)9-6-12(2)16;/h4-5,7-8,12-13H,6,9-10,16H2,1-3H3,(H,17,18);1H. The molecule has 20 heavy (non-hydrogen) atoms. The van der Waals surface area contributed by atoms with Gasteiger partial charge in [-0.05, 0) is 39.3 Å². The van der Waals surface area contributed by atoms with Crippen LogP contribution in [0.3, 0.4) is 0 Å². The molecule has 0 aromatic heterocycles. The van der Waals surface area contributed by atoms with Gasteiger partial charge in [0.05, 0.1) is 6.54 Å². The van der Waals surface area contributed by atoms with E-state index >= 15 is 0 Å². The van der Waals surface area contributed by atoms with Gasteiger partial charge < -0.3 is 15.8 Å². The Morgan fingerprint density at radius 3 is 2.45 bits per heavy atom. The lowest BCUT2D eigenvalue weighted by Crippen LogP contribution is -2.34. The van der Waals surface area contributed by atoms with E-state index in [1.54, 1.807) is 0 Å². The van der Waals surface area contributed by atoms with Crippen LogP contribution in [-0.4, -0.2) is 24.6 Å². The van der Waals surface area contributed by atoms with Gasteiger partial charge in [0.15, 0.2) is 0 Å². The summed E-state index contributed by atoms with van der Waals surface area (Å²) < 4.78 is 5.71. The average Bonchev–Trinajstić information content (AvgIpc) is 2.36. The second kappa shape index (κ2) is 9.61. The van der Waals surface area contributed by atoms with Crippen molar-refractivity contribution < 1.29 is 9.53 Å². The monoisotopic (exact) mass is 300 g/mol. The predicted octanol–water partition coefficient (Wildman–Crippen LogP) is 2.43. The molecule has 5 heteroatoms. The van der Waals surface area contributed by atoms with Gasteiger partial charge in [-0.1, -0.05) is 17.7 Å². The summed E-state index contributed by atoms with van der Waals surface area (Å²) in [5, 5.41) is 2.85. The Morgan fingerprint density at radius 2 is 1.90 bits per heavy atom. The highest BCUT2D eigenvalue weighted by molar-refractivity contribution is 5.85. The number of benzene rings is 1. The summed E-state index contributed by atoms with van der Waals surface area (Å²) in [6.45, 7) is 6.37. The number of rotatable bonds is 7. The first-order chi connectivity index (χ1) is 8.97. The van der Waals surface area contributed by atoms with Crippen LogP contribution in [0.15, 0.2) is 24.3 Å². The van der Waals surface area contributed by atoms with Gasteiger partial charge in [-0.15, -0.1) is 12.4 Å². The van der Waals surface area contributed by atoms with Gasteiger partial charge in [0.1, 0.15) is 11.9 Å². The van der Waals surface area contributed by atoms with E-state index in [0.29, 0.717) is 19.4 Å². The van der Waals surface area contributed by atoms with E-state index < -0.39 is 0 Å². The molecule has 0 fully saturated rings. The van der Waals surface area contributed by atoms with Gasteiger partial charge in [-0.25, -0.2) is 0 Å². The normalized spacial score (nSPS) is 13.0. The Labute approximate surface area is 127 Å². The van der Waals surface area contributed by atoms with Crippen molar-refractivity contribution in [3.8, 4) is 5.75 Å². The quantitative estimate of drug-likeness (QED) is 0.813. The summed E-state index contributed by atoms with van der Waals surface area (Å²) in [4.78, 5) is 11.5. The van der Waals surface area contributed by atoms with Crippen molar-refractivity contribution in [1.29, 1.82) is 0 Å². The Morgan fingerprint density at radius 1 is 1.30 bits per heavy atom. The van der Waals surface area contributed by atoms with Crippen molar-refractivity contribution in [1.82, 2.24) is 5.32 Å². The zero-order chi connectivity index (χ0) is 14.3. The molecule has 1 aromatic rings. The van der Waals surface area contributed by atoms with E-state index in [1.807, 2.05) is 45.0 Å². The number of hydrogen-bond donors (Lipinski definition) is 2. The molecular formula is C15H25ClN2O2. The molecule has 2 unspecified atom stereocenters. The van der Waals surface area contributed by atoms with E-state index in [0.717, 1.165) is 5.75 Å².